The van der Waals surface area contributed by atoms with Gasteiger partial charge in [0.1, 0.15) is 0 Å². The lowest BCUT2D eigenvalue weighted by molar-refractivity contribution is -0.170. The van der Waals surface area contributed by atoms with E-state index in [1.54, 1.807) is 17.0 Å². The van der Waals surface area contributed by atoms with Crippen molar-refractivity contribution in [1.29, 1.82) is 0 Å². The summed E-state index contributed by atoms with van der Waals surface area (Å²) in [5, 5.41) is 10.2. The van der Waals surface area contributed by atoms with Crippen molar-refractivity contribution in [2.75, 3.05) is 19.7 Å². The molecule has 1 aromatic rings. The Balaban J connectivity index is 1.63. The zero-order valence-corrected chi connectivity index (χ0v) is 11.8. The molecule has 3 heterocycles. The molecular weight excluding hydrogens is 258 g/mol. The molecule has 2 aliphatic rings. The highest BCUT2D eigenvalue weighted by atomic mass is 16.5. The Hall–Kier alpha value is -1.33. The first-order valence-electron chi connectivity index (χ1n) is 7.19. The van der Waals surface area contributed by atoms with E-state index in [0.29, 0.717) is 38.3 Å². The molecule has 5 heteroatoms. The fourth-order valence-electron chi connectivity index (χ4n) is 3.32. The van der Waals surface area contributed by atoms with Crippen LogP contribution in [-0.2, 0) is 4.74 Å². The normalized spacial score (nSPS) is 29.6. The maximum atomic E-state index is 12.2. The smallest absolute Gasteiger partial charge is 0.289 e. The number of carbonyl (C=O) groups excluding carboxylic acids is 1. The van der Waals surface area contributed by atoms with Gasteiger partial charge in [-0.05, 0) is 38.3 Å². The Bertz CT molecular complexity index is 472. The number of ether oxygens (including phenoxy) is 1. The lowest BCUT2D eigenvalue weighted by Gasteiger charge is -2.48. The van der Waals surface area contributed by atoms with Gasteiger partial charge in [0.15, 0.2) is 5.76 Å². The highest BCUT2D eigenvalue weighted by Crippen LogP contribution is 2.39. The zero-order chi connectivity index (χ0) is 14.2. The first-order chi connectivity index (χ1) is 9.50. The van der Waals surface area contributed by atoms with E-state index in [-0.39, 0.29) is 11.5 Å². The van der Waals surface area contributed by atoms with Crippen LogP contribution in [0.1, 0.15) is 43.2 Å². The summed E-state index contributed by atoms with van der Waals surface area (Å²) in [6.45, 7) is 3.77. The fraction of sp³-hybridized carbons (Fsp3) is 0.667. The van der Waals surface area contributed by atoms with Gasteiger partial charge < -0.3 is 19.2 Å². The minimum absolute atomic E-state index is 0.0626. The average Bonchev–Trinajstić information content (AvgIpc) is 2.91. The molecule has 1 amide bonds. The van der Waals surface area contributed by atoms with Crippen LogP contribution in [0.5, 0.6) is 0 Å². The van der Waals surface area contributed by atoms with E-state index in [4.69, 9.17) is 9.15 Å². The van der Waals surface area contributed by atoms with E-state index in [9.17, 15) is 9.90 Å². The van der Waals surface area contributed by atoms with Crippen molar-refractivity contribution >= 4 is 5.91 Å². The number of furan rings is 1. The van der Waals surface area contributed by atoms with Gasteiger partial charge in [-0.25, -0.2) is 0 Å². The van der Waals surface area contributed by atoms with E-state index in [0.717, 1.165) is 12.8 Å². The monoisotopic (exact) mass is 279 g/mol. The summed E-state index contributed by atoms with van der Waals surface area (Å²) in [4.78, 5) is 14.0. The Kier molecular flexibility index (Phi) is 3.34. The van der Waals surface area contributed by atoms with Crippen molar-refractivity contribution in [3.8, 4) is 0 Å². The molecule has 2 saturated heterocycles. The third kappa shape index (κ3) is 2.60. The Morgan fingerprint density at radius 1 is 1.35 bits per heavy atom. The van der Waals surface area contributed by atoms with Crippen molar-refractivity contribution < 1.29 is 19.1 Å². The second kappa shape index (κ2) is 4.90. The predicted octanol–water partition coefficient (Wildman–Crippen LogP) is 1.82. The van der Waals surface area contributed by atoms with Gasteiger partial charge in [0.05, 0.1) is 24.1 Å². The van der Waals surface area contributed by atoms with E-state index in [1.165, 1.54) is 6.26 Å². The molecule has 2 aliphatic heterocycles. The molecule has 0 aliphatic carbocycles. The van der Waals surface area contributed by atoms with Crippen molar-refractivity contribution in [3.63, 3.8) is 0 Å². The first kappa shape index (κ1) is 13.6. The number of likely N-dealkylation sites (tertiary alicyclic amines) is 1. The standard InChI is InChI=1S/C15H21NO4/c1-14(18)6-10-20-15(11-14)4-7-16(8-5-15)13(17)12-3-2-9-19-12/h2-3,9,18H,4-8,10-11H2,1H3. The van der Waals surface area contributed by atoms with E-state index >= 15 is 0 Å². The lowest BCUT2D eigenvalue weighted by atomic mass is 9.78. The largest absolute Gasteiger partial charge is 0.459 e. The molecule has 1 aromatic heterocycles. The summed E-state index contributed by atoms with van der Waals surface area (Å²) in [6, 6.07) is 3.41. The van der Waals surface area contributed by atoms with Crippen LogP contribution >= 0.6 is 0 Å². The Morgan fingerprint density at radius 3 is 2.70 bits per heavy atom. The van der Waals surface area contributed by atoms with E-state index < -0.39 is 5.60 Å². The van der Waals surface area contributed by atoms with Crippen LogP contribution in [0.25, 0.3) is 0 Å². The van der Waals surface area contributed by atoms with E-state index in [1.807, 2.05) is 6.92 Å². The maximum absolute atomic E-state index is 12.2. The van der Waals surface area contributed by atoms with Crippen LogP contribution in [0.4, 0.5) is 0 Å². The third-order valence-electron chi connectivity index (χ3n) is 4.45. The summed E-state index contributed by atoms with van der Waals surface area (Å²) in [5.74, 6) is 0.324. The SMILES string of the molecule is CC1(O)CCOC2(CCN(C(=O)c3ccco3)CC2)C1. The molecule has 0 radical (unpaired) electrons. The molecule has 5 nitrogen and oxygen atoms in total. The number of piperidine rings is 1. The molecule has 110 valence electrons. The highest BCUT2D eigenvalue weighted by Gasteiger charge is 2.45. The quantitative estimate of drug-likeness (QED) is 0.851. The zero-order valence-electron chi connectivity index (χ0n) is 11.8. The molecule has 1 unspecified atom stereocenters. The molecule has 0 aromatic carbocycles. The van der Waals surface area contributed by atoms with Crippen LogP contribution in [0, 0.1) is 0 Å². The summed E-state index contributed by atoms with van der Waals surface area (Å²) in [5.41, 5.74) is -0.910. The molecule has 20 heavy (non-hydrogen) atoms. The second-order valence-electron chi connectivity index (χ2n) is 6.22. The Morgan fingerprint density at radius 2 is 2.10 bits per heavy atom. The van der Waals surface area contributed by atoms with E-state index in [2.05, 4.69) is 0 Å². The van der Waals surface area contributed by atoms with Gasteiger partial charge in [-0.15, -0.1) is 0 Å². The van der Waals surface area contributed by atoms with Gasteiger partial charge in [-0.3, -0.25) is 4.79 Å². The van der Waals surface area contributed by atoms with Crippen LogP contribution in [0.15, 0.2) is 22.8 Å². The molecular formula is C15H21NO4. The first-order valence-corrected chi connectivity index (χ1v) is 7.19. The molecule has 0 saturated carbocycles. The fourth-order valence-corrected chi connectivity index (χ4v) is 3.32. The van der Waals surface area contributed by atoms with Gasteiger partial charge in [0, 0.05) is 19.5 Å². The second-order valence-corrected chi connectivity index (χ2v) is 6.22. The minimum atomic E-state index is -0.647. The molecule has 3 rings (SSSR count). The number of aliphatic hydroxyl groups is 1. The van der Waals surface area contributed by atoms with Gasteiger partial charge >= 0.3 is 0 Å². The van der Waals surface area contributed by atoms with Gasteiger partial charge in [-0.2, -0.15) is 0 Å². The summed E-state index contributed by atoms with van der Waals surface area (Å²) in [7, 11) is 0. The number of rotatable bonds is 1. The topological polar surface area (TPSA) is 62.9 Å². The Labute approximate surface area is 118 Å². The lowest BCUT2D eigenvalue weighted by Crippen LogP contribution is -2.54. The van der Waals surface area contributed by atoms with Crippen molar-refractivity contribution in [2.45, 2.75) is 43.8 Å². The number of hydrogen-bond acceptors (Lipinski definition) is 4. The van der Waals surface area contributed by atoms with Crippen molar-refractivity contribution in [2.24, 2.45) is 0 Å². The molecule has 1 N–H and O–H groups in total. The van der Waals surface area contributed by atoms with Gasteiger partial charge in [0.25, 0.3) is 5.91 Å². The average molecular weight is 279 g/mol. The van der Waals surface area contributed by atoms with Crippen LogP contribution in [0.3, 0.4) is 0 Å². The minimum Gasteiger partial charge on any atom is -0.459 e. The van der Waals surface area contributed by atoms with Crippen LogP contribution in [-0.4, -0.2) is 46.8 Å². The maximum Gasteiger partial charge on any atom is 0.289 e. The molecule has 1 atom stereocenters. The van der Waals surface area contributed by atoms with Crippen LogP contribution < -0.4 is 0 Å². The number of amides is 1. The van der Waals surface area contributed by atoms with Crippen molar-refractivity contribution in [1.82, 2.24) is 4.90 Å². The number of carbonyl (C=O) groups is 1. The highest BCUT2D eigenvalue weighted by molar-refractivity contribution is 5.91. The molecule has 0 bridgehead atoms. The number of nitrogens with zero attached hydrogens (tertiary/aromatic N) is 1. The molecule has 2 fully saturated rings. The predicted molar refractivity (Wildman–Crippen MR) is 72.4 cm³/mol. The summed E-state index contributed by atoms with van der Waals surface area (Å²) < 4.78 is 11.1. The third-order valence-corrected chi connectivity index (χ3v) is 4.45. The summed E-state index contributed by atoms with van der Waals surface area (Å²) >= 11 is 0. The van der Waals surface area contributed by atoms with Crippen molar-refractivity contribution in [3.05, 3.63) is 24.2 Å². The van der Waals surface area contributed by atoms with Gasteiger partial charge in [-0.1, -0.05) is 0 Å². The van der Waals surface area contributed by atoms with Crippen LogP contribution in [0.2, 0.25) is 0 Å². The molecule has 1 spiro atoms. The van der Waals surface area contributed by atoms with Gasteiger partial charge in [0.2, 0.25) is 0 Å². The number of hydrogen-bond donors (Lipinski definition) is 1. The summed E-state index contributed by atoms with van der Waals surface area (Å²) in [6.07, 6.45) is 4.40.